The summed E-state index contributed by atoms with van der Waals surface area (Å²) >= 11 is 0. The van der Waals surface area contributed by atoms with Gasteiger partial charge in [0, 0.05) is 28.7 Å². The van der Waals surface area contributed by atoms with E-state index in [9.17, 15) is 18.4 Å². The lowest BCUT2D eigenvalue weighted by atomic mass is 10.1. The number of aromatic nitrogens is 1. The zero-order chi connectivity index (χ0) is 25.5. The average molecular weight is 485 g/mol. The molecule has 1 heterocycles. The second-order valence-corrected chi connectivity index (χ2v) is 7.47. The smallest absolute Gasteiger partial charge is 0.387 e. The number of carbonyl (C=O) groups is 2. The third kappa shape index (κ3) is 6.26. The van der Waals surface area contributed by atoms with Crippen molar-refractivity contribution in [1.29, 1.82) is 0 Å². The molecule has 2 aromatic carbocycles. The van der Waals surface area contributed by atoms with Crippen LogP contribution in [0.4, 0.5) is 8.78 Å². The molecule has 3 aromatic rings. The van der Waals surface area contributed by atoms with Gasteiger partial charge in [0.25, 0.3) is 0 Å². The summed E-state index contributed by atoms with van der Waals surface area (Å²) in [7, 11) is 3.04. The van der Waals surface area contributed by atoms with Gasteiger partial charge in [-0.3, -0.25) is 4.79 Å². The van der Waals surface area contributed by atoms with E-state index in [-0.39, 0.29) is 11.5 Å². The number of carbonyl (C=O) groups excluding carboxylic acids is 2. The van der Waals surface area contributed by atoms with E-state index in [2.05, 4.69) is 4.74 Å². The molecule has 0 fully saturated rings. The number of Topliss-reactive ketones (excluding diaryl/α,β-unsaturated/α-hetero) is 1. The van der Waals surface area contributed by atoms with E-state index in [1.807, 2.05) is 6.92 Å². The molecule has 0 aliphatic rings. The molecule has 35 heavy (non-hydrogen) atoms. The van der Waals surface area contributed by atoms with E-state index in [1.165, 1.54) is 32.4 Å². The number of methoxy groups -OCH3 is 2. The van der Waals surface area contributed by atoms with Crippen molar-refractivity contribution >= 4 is 17.8 Å². The van der Waals surface area contributed by atoms with E-state index >= 15 is 0 Å². The number of hydrogen-bond donors (Lipinski definition) is 0. The van der Waals surface area contributed by atoms with Crippen LogP contribution in [0.3, 0.4) is 0 Å². The van der Waals surface area contributed by atoms with Crippen molar-refractivity contribution in [1.82, 2.24) is 4.57 Å². The monoisotopic (exact) mass is 485 g/mol. The maximum atomic E-state index is 12.7. The summed E-state index contributed by atoms with van der Waals surface area (Å²) in [5.41, 5.74) is 3.15. The van der Waals surface area contributed by atoms with Gasteiger partial charge in [-0.05, 0) is 68.0 Å². The highest BCUT2D eigenvalue weighted by Crippen LogP contribution is 2.28. The van der Waals surface area contributed by atoms with E-state index in [4.69, 9.17) is 14.2 Å². The Labute approximate surface area is 201 Å². The molecule has 0 unspecified atom stereocenters. The van der Waals surface area contributed by atoms with E-state index in [0.717, 1.165) is 5.69 Å². The lowest BCUT2D eigenvalue weighted by Gasteiger charge is -2.11. The zero-order valence-corrected chi connectivity index (χ0v) is 19.7. The fraction of sp³-hybridized carbons (Fsp3) is 0.231. The highest BCUT2D eigenvalue weighted by molar-refractivity contribution is 6.00. The van der Waals surface area contributed by atoms with E-state index in [0.29, 0.717) is 34.0 Å². The Morgan fingerprint density at radius 1 is 0.971 bits per heavy atom. The number of ether oxygens (including phenoxy) is 4. The normalized spacial score (nSPS) is 11.1. The molecule has 0 saturated heterocycles. The van der Waals surface area contributed by atoms with Gasteiger partial charge < -0.3 is 23.5 Å². The van der Waals surface area contributed by atoms with Gasteiger partial charge in [0.15, 0.2) is 18.1 Å². The molecule has 0 aliphatic heterocycles. The Bertz CT molecular complexity index is 1230. The molecule has 0 atom stereocenters. The van der Waals surface area contributed by atoms with Gasteiger partial charge in [0.2, 0.25) is 5.78 Å². The minimum Gasteiger partial charge on any atom is -0.493 e. The summed E-state index contributed by atoms with van der Waals surface area (Å²) in [6, 6.07) is 12.9. The molecule has 3 rings (SSSR count). The summed E-state index contributed by atoms with van der Waals surface area (Å²) in [5.74, 6) is 0.0830. The van der Waals surface area contributed by atoms with Crippen LogP contribution >= 0.6 is 0 Å². The van der Waals surface area contributed by atoms with E-state index < -0.39 is 19.2 Å². The van der Waals surface area contributed by atoms with Crippen LogP contribution in [0, 0.1) is 13.8 Å². The van der Waals surface area contributed by atoms with Crippen molar-refractivity contribution in [3.05, 3.63) is 77.1 Å². The Morgan fingerprint density at radius 3 is 2.29 bits per heavy atom. The maximum Gasteiger partial charge on any atom is 0.387 e. The summed E-state index contributed by atoms with van der Waals surface area (Å²) in [6.07, 6.45) is 2.77. The van der Waals surface area contributed by atoms with Gasteiger partial charge in [-0.15, -0.1) is 0 Å². The summed E-state index contributed by atoms with van der Waals surface area (Å²) in [4.78, 5) is 24.9. The minimum absolute atomic E-state index is 0.0376. The number of benzene rings is 2. The van der Waals surface area contributed by atoms with Crippen LogP contribution in [-0.2, 0) is 9.53 Å². The van der Waals surface area contributed by atoms with Gasteiger partial charge in [-0.2, -0.15) is 8.78 Å². The molecular weight excluding hydrogens is 460 g/mol. The standard InChI is InChI=1S/C26H25F2NO6/c1-16-13-21(17(2)29(16)19-7-9-20(10-8-19)35-26(27)28)22(30)15-34-25(31)12-6-18-5-11-23(32-3)24(14-18)33-4/h5-14,26H,15H2,1-4H3. The topological polar surface area (TPSA) is 76.0 Å². The second-order valence-electron chi connectivity index (χ2n) is 7.47. The number of esters is 1. The fourth-order valence-electron chi connectivity index (χ4n) is 3.60. The molecule has 184 valence electrons. The van der Waals surface area contributed by atoms with Gasteiger partial charge in [-0.25, -0.2) is 4.79 Å². The first-order chi connectivity index (χ1) is 16.7. The molecule has 1 aromatic heterocycles. The van der Waals surface area contributed by atoms with Crippen molar-refractivity contribution in [3.8, 4) is 22.9 Å². The molecule has 9 heteroatoms. The number of rotatable bonds is 10. The van der Waals surface area contributed by atoms with Gasteiger partial charge in [-0.1, -0.05) is 6.07 Å². The number of aryl methyl sites for hydroxylation is 1. The first-order valence-corrected chi connectivity index (χ1v) is 10.6. The predicted octanol–water partition coefficient (Wildman–Crippen LogP) is 5.15. The van der Waals surface area contributed by atoms with Gasteiger partial charge >= 0.3 is 12.6 Å². The first-order valence-electron chi connectivity index (χ1n) is 10.6. The fourth-order valence-corrected chi connectivity index (χ4v) is 3.60. The molecule has 0 radical (unpaired) electrons. The number of nitrogens with zero attached hydrogens (tertiary/aromatic N) is 1. The minimum atomic E-state index is -2.91. The SMILES string of the molecule is COc1ccc(C=CC(=O)OCC(=O)c2cc(C)n(-c3ccc(OC(F)F)cc3)c2C)cc1OC. The zero-order valence-electron chi connectivity index (χ0n) is 19.7. The largest absolute Gasteiger partial charge is 0.493 e. The number of alkyl halides is 2. The highest BCUT2D eigenvalue weighted by Gasteiger charge is 2.18. The van der Waals surface area contributed by atoms with Crippen LogP contribution in [0.15, 0.2) is 54.6 Å². The maximum absolute atomic E-state index is 12.7. The highest BCUT2D eigenvalue weighted by atomic mass is 19.3. The van der Waals surface area contributed by atoms with Crippen molar-refractivity contribution in [3.63, 3.8) is 0 Å². The lowest BCUT2D eigenvalue weighted by molar-refractivity contribution is -0.136. The molecule has 0 aliphatic carbocycles. The summed E-state index contributed by atoms with van der Waals surface area (Å²) in [5, 5.41) is 0. The van der Waals surface area contributed by atoms with Crippen LogP contribution in [0.1, 0.15) is 27.3 Å². The molecular formula is C26H25F2NO6. The van der Waals surface area contributed by atoms with E-state index in [1.54, 1.807) is 54.0 Å². The molecule has 0 N–H and O–H groups in total. The third-order valence-corrected chi connectivity index (χ3v) is 5.22. The Kier molecular flexibility index (Phi) is 8.25. The van der Waals surface area contributed by atoms with Crippen LogP contribution < -0.4 is 14.2 Å². The van der Waals surface area contributed by atoms with Crippen LogP contribution in [0.5, 0.6) is 17.2 Å². The summed E-state index contributed by atoms with van der Waals surface area (Å²) < 4.78 is 46.4. The van der Waals surface area contributed by atoms with Crippen molar-refractivity contribution in [2.75, 3.05) is 20.8 Å². The Morgan fingerprint density at radius 2 is 1.66 bits per heavy atom. The van der Waals surface area contributed by atoms with Crippen molar-refractivity contribution < 1.29 is 37.3 Å². The molecule has 0 amide bonds. The van der Waals surface area contributed by atoms with Crippen molar-refractivity contribution in [2.45, 2.75) is 20.5 Å². The number of halogens is 2. The first kappa shape index (κ1) is 25.5. The molecule has 0 spiro atoms. The number of ketones is 1. The molecule has 7 nitrogen and oxygen atoms in total. The molecule has 0 saturated carbocycles. The Hall–Kier alpha value is -4.14. The number of hydrogen-bond acceptors (Lipinski definition) is 6. The quantitative estimate of drug-likeness (QED) is 0.225. The second kappa shape index (κ2) is 11.3. The van der Waals surface area contributed by atoms with Gasteiger partial charge in [0.1, 0.15) is 5.75 Å². The third-order valence-electron chi connectivity index (χ3n) is 5.22. The summed E-state index contributed by atoms with van der Waals surface area (Å²) in [6.45, 7) is 0.227. The average Bonchev–Trinajstić information content (AvgIpc) is 3.14. The van der Waals surface area contributed by atoms with Crippen LogP contribution in [0.2, 0.25) is 0 Å². The molecule has 0 bridgehead atoms. The van der Waals surface area contributed by atoms with Crippen LogP contribution in [0.25, 0.3) is 11.8 Å². The Balaban J connectivity index is 1.65. The van der Waals surface area contributed by atoms with Gasteiger partial charge in [0.05, 0.1) is 14.2 Å². The van der Waals surface area contributed by atoms with Crippen LogP contribution in [-0.4, -0.2) is 43.8 Å². The lowest BCUT2D eigenvalue weighted by Crippen LogP contribution is -2.13. The predicted molar refractivity (Wildman–Crippen MR) is 126 cm³/mol. The van der Waals surface area contributed by atoms with Crippen molar-refractivity contribution in [2.24, 2.45) is 0 Å².